The molecule has 0 fully saturated rings. The first-order valence-electron chi connectivity index (χ1n) is 6.26. The van der Waals surface area contributed by atoms with E-state index in [-0.39, 0.29) is 12.3 Å². The van der Waals surface area contributed by atoms with Crippen LogP contribution in [-0.2, 0) is 4.79 Å². The Morgan fingerprint density at radius 2 is 2.15 bits per heavy atom. The van der Waals surface area contributed by atoms with Crippen LogP contribution in [0.1, 0.15) is 25.8 Å². The number of benzene rings is 1. The van der Waals surface area contributed by atoms with Gasteiger partial charge in [0.2, 0.25) is 5.91 Å². The molecule has 0 spiro atoms. The van der Waals surface area contributed by atoms with E-state index in [0.717, 1.165) is 0 Å². The molecule has 0 aromatic heterocycles. The van der Waals surface area contributed by atoms with Crippen molar-refractivity contribution >= 4 is 17.7 Å². The van der Waals surface area contributed by atoms with Gasteiger partial charge >= 0.3 is 0 Å². The third kappa shape index (κ3) is 4.17. The van der Waals surface area contributed by atoms with Crippen molar-refractivity contribution < 1.29 is 14.8 Å². The summed E-state index contributed by atoms with van der Waals surface area (Å²) >= 11 is 0. The highest BCUT2D eigenvalue weighted by molar-refractivity contribution is 5.92. The van der Waals surface area contributed by atoms with E-state index in [0.29, 0.717) is 12.0 Å². The number of aliphatic hydroxyl groups excluding tert-OH is 1. The molecular weight excluding hydrogens is 260 g/mol. The summed E-state index contributed by atoms with van der Waals surface area (Å²) < 4.78 is 0. The van der Waals surface area contributed by atoms with Crippen LogP contribution < -0.4 is 5.32 Å². The number of aliphatic hydroxyl groups is 1. The standard InChI is InChI=1S/C14H18N2O4/c1-3-14(2,10-17)15-13(18)9-8-11-6-4-5-7-12(11)16(19)20/h4-9,17H,3,10H2,1-2H3,(H,15,18). The molecule has 2 N–H and O–H groups in total. The maximum absolute atomic E-state index is 11.8. The van der Waals surface area contributed by atoms with Gasteiger partial charge in [0.1, 0.15) is 0 Å². The number of para-hydroxylation sites is 1. The van der Waals surface area contributed by atoms with Gasteiger partial charge in [-0.2, -0.15) is 0 Å². The summed E-state index contributed by atoms with van der Waals surface area (Å²) in [5.74, 6) is -0.401. The van der Waals surface area contributed by atoms with Gasteiger partial charge in [-0.15, -0.1) is 0 Å². The molecule has 6 heteroatoms. The van der Waals surface area contributed by atoms with Crippen molar-refractivity contribution in [3.05, 3.63) is 46.0 Å². The zero-order valence-electron chi connectivity index (χ0n) is 11.5. The first-order valence-corrected chi connectivity index (χ1v) is 6.26. The molecule has 1 rings (SSSR count). The van der Waals surface area contributed by atoms with Gasteiger partial charge in [-0.05, 0) is 25.5 Å². The van der Waals surface area contributed by atoms with Gasteiger partial charge in [-0.1, -0.05) is 19.1 Å². The zero-order valence-corrected chi connectivity index (χ0v) is 11.5. The topological polar surface area (TPSA) is 92.5 Å². The summed E-state index contributed by atoms with van der Waals surface area (Å²) in [6.45, 7) is 3.40. The summed E-state index contributed by atoms with van der Waals surface area (Å²) in [4.78, 5) is 22.1. The Kier molecular flexibility index (Phi) is 5.40. The number of hydrogen-bond acceptors (Lipinski definition) is 4. The maximum Gasteiger partial charge on any atom is 0.276 e. The summed E-state index contributed by atoms with van der Waals surface area (Å²) in [6, 6.07) is 6.17. The van der Waals surface area contributed by atoms with E-state index in [1.54, 1.807) is 25.1 Å². The quantitative estimate of drug-likeness (QED) is 0.472. The third-order valence-electron chi connectivity index (χ3n) is 3.10. The van der Waals surface area contributed by atoms with E-state index < -0.39 is 16.4 Å². The molecule has 0 radical (unpaired) electrons. The Bertz CT molecular complexity index is 522. The predicted octanol–water partition coefficient (Wildman–Crippen LogP) is 1.89. The zero-order chi connectivity index (χ0) is 15.2. The molecule has 0 heterocycles. The molecule has 1 amide bonds. The maximum atomic E-state index is 11.8. The van der Waals surface area contributed by atoms with Crippen molar-refractivity contribution in [2.24, 2.45) is 0 Å². The fraction of sp³-hybridized carbons (Fsp3) is 0.357. The van der Waals surface area contributed by atoms with Crippen LogP contribution in [0.3, 0.4) is 0 Å². The van der Waals surface area contributed by atoms with E-state index in [1.807, 2.05) is 6.92 Å². The fourth-order valence-corrected chi connectivity index (χ4v) is 1.54. The van der Waals surface area contributed by atoms with E-state index in [1.165, 1.54) is 18.2 Å². The second-order valence-electron chi connectivity index (χ2n) is 4.71. The number of nitro benzene ring substituents is 1. The number of carbonyl (C=O) groups excluding carboxylic acids is 1. The number of nitrogens with one attached hydrogen (secondary N) is 1. The minimum absolute atomic E-state index is 0.0584. The lowest BCUT2D eigenvalue weighted by Gasteiger charge is -2.26. The number of rotatable bonds is 6. The van der Waals surface area contributed by atoms with Crippen molar-refractivity contribution in [2.75, 3.05) is 6.61 Å². The van der Waals surface area contributed by atoms with Gasteiger partial charge in [-0.25, -0.2) is 0 Å². The van der Waals surface area contributed by atoms with Crippen molar-refractivity contribution in [2.45, 2.75) is 25.8 Å². The molecule has 1 aromatic carbocycles. The number of amides is 1. The largest absolute Gasteiger partial charge is 0.394 e. The summed E-state index contributed by atoms with van der Waals surface area (Å²) in [5.41, 5.74) is -0.392. The van der Waals surface area contributed by atoms with Crippen LogP contribution in [0.2, 0.25) is 0 Å². The van der Waals surface area contributed by atoms with Crippen LogP contribution in [0.15, 0.2) is 30.3 Å². The lowest BCUT2D eigenvalue weighted by Crippen LogP contribution is -2.47. The van der Waals surface area contributed by atoms with E-state index in [9.17, 15) is 20.0 Å². The van der Waals surface area contributed by atoms with Crippen LogP contribution in [0.25, 0.3) is 6.08 Å². The molecular formula is C14H18N2O4. The second-order valence-corrected chi connectivity index (χ2v) is 4.71. The molecule has 0 aliphatic carbocycles. The minimum Gasteiger partial charge on any atom is -0.394 e. The lowest BCUT2D eigenvalue weighted by molar-refractivity contribution is -0.385. The monoisotopic (exact) mass is 278 g/mol. The summed E-state index contributed by atoms with van der Waals surface area (Å²) in [5, 5.41) is 22.7. The Hall–Kier alpha value is -2.21. The van der Waals surface area contributed by atoms with Crippen LogP contribution in [0.4, 0.5) is 5.69 Å². The molecule has 6 nitrogen and oxygen atoms in total. The van der Waals surface area contributed by atoms with Gasteiger partial charge in [0.05, 0.1) is 22.6 Å². The molecule has 0 aliphatic rings. The summed E-state index contributed by atoms with van der Waals surface area (Å²) in [6.07, 6.45) is 3.20. The Morgan fingerprint density at radius 1 is 1.50 bits per heavy atom. The molecule has 0 bridgehead atoms. The lowest BCUT2D eigenvalue weighted by atomic mass is 10.0. The van der Waals surface area contributed by atoms with Crippen molar-refractivity contribution in [1.82, 2.24) is 5.32 Å². The molecule has 1 aromatic rings. The Balaban J connectivity index is 2.83. The SMILES string of the molecule is CCC(C)(CO)NC(=O)C=Cc1ccccc1[N+](=O)[O-]. The second kappa shape index (κ2) is 6.81. The van der Waals surface area contributed by atoms with Crippen LogP contribution in [0.5, 0.6) is 0 Å². The number of nitro groups is 1. The highest BCUT2D eigenvalue weighted by Gasteiger charge is 2.22. The highest BCUT2D eigenvalue weighted by Crippen LogP contribution is 2.19. The van der Waals surface area contributed by atoms with Crippen molar-refractivity contribution in [3.8, 4) is 0 Å². The molecule has 20 heavy (non-hydrogen) atoms. The number of nitrogens with zero attached hydrogens (tertiary/aromatic N) is 1. The smallest absolute Gasteiger partial charge is 0.276 e. The van der Waals surface area contributed by atoms with E-state index in [2.05, 4.69) is 5.32 Å². The predicted molar refractivity (Wildman–Crippen MR) is 76.1 cm³/mol. The van der Waals surface area contributed by atoms with Crippen LogP contribution in [0, 0.1) is 10.1 Å². The Morgan fingerprint density at radius 3 is 2.70 bits per heavy atom. The fourth-order valence-electron chi connectivity index (χ4n) is 1.54. The van der Waals surface area contributed by atoms with Crippen LogP contribution in [-0.4, -0.2) is 28.1 Å². The highest BCUT2D eigenvalue weighted by atomic mass is 16.6. The van der Waals surface area contributed by atoms with E-state index in [4.69, 9.17) is 0 Å². The molecule has 0 saturated carbocycles. The van der Waals surface area contributed by atoms with E-state index >= 15 is 0 Å². The average Bonchev–Trinajstić information content (AvgIpc) is 2.45. The summed E-state index contributed by atoms with van der Waals surface area (Å²) in [7, 11) is 0. The van der Waals surface area contributed by atoms with Gasteiger partial charge in [0, 0.05) is 12.1 Å². The first kappa shape index (κ1) is 15.8. The molecule has 1 unspecified atom stereocenters. The molecule has 108 valence electrons. The van der Waals surface area contributed by atoms with Gasteiger partial charge in [0.15, 0.2) is 0 Å². The van der Waals surface area contributed by atoms with Gasteiger partial charge in [-0.3, -0.25) is 14.9 Å². The number of carbonyl (C=O) groups is 1. The van der Waals surface area contributed by atoms with Crippen molar-refractivity contribution in [3.63, 3.8) is 0 Å². The third-order valence-corrected chi connectivity index (χ3v) is 3.10. The van der Waals surface area contributed by atoms with Crippen LogP contribution >= 0.6 is 0 Å². The molecule has 0 saturated heterocycles. The minimum atomic E-state index is -0.690. The van der Waals surface area contributed by atoms with Gasteiger partial charge in [0.25, 0.3) is 5.69 Å². The average molecular weight is 278 g/mol. The Labute approximate surface area is 117 Å². The molecule has 0 aliphatic heterocycles. The first-order chi connectivity index (χ1) is 9.41. The van der Waals surface area contributed by atoms with Gasteiger partial charge < -0.3 is 10.4 Å². The molecule has 1 atom stereocenters. The van der Waals surface area contributed by atoms with Crippen molar-refractivity contribution in [1.29, 1.82) is 0 Å². The normalized spacial score (nSPS) is 13.9. The number of hydrogen-bond donors (Lipinski definition) is 2.